The molecule has 0 saturated carbocycles. The standard InChI is InChI=1S/C24H19F3N4O4/c25-24(26,27)18-9-15(19-4-3-14(11-29-19)23(33)34)7-16-8-17(35-22(16)18)12-31-21(32)6-2-13-1-5-20(28)30-10-13/h1-6,8-11,16H,7,12H2,(H2,28,30)(H,31,32)(H,33,34)/b6-2+. The Bertz CT molecular complexity index is 1280. The number of nitrogens with one attached hydrogen (secondary N) is 1. The van der Waals surface area contributed by atoms with Crippen LogP contribution >= 0.6 is 0 Å². The number of nitrogen functional groups attached to an aromatic ring is 1. The molecule has 2 aliphatic rings. The van der Waals surface area contributed by atoms with Crippen LogP contribution in [-0.4, -0.2) is 39.7 Å². The summed E-state index contributed by atoms with van der Waals surface area (Å²) in [5.41, 5.74) is 5.69. The molecule has 1 unspecified atom stereocenters. The number of hydrogen-bond acceptors (Lipinski definition) is 6. The molecule has 0 bridgehead atoms. The van der Waals surface area contributed by atoms with Crippen LogP contribution in [0.1, 0.15) is 28.0 Å². The fourth-order valence-electron chi connectivity index (χ4n) is 3.62. The van der Waals surface area contributed by atoms with Crippen molar-refractivity contribution < 1.29 is 32.6 Å². The molecule has 4 N–H and O–H groups in total. The van der Waals surface area contributed by atoms with E-state index in [0.717, 1.165) is 12.3 Å². The summed E-state index contributed by atoms with van der Waals surface area (Å²) in [6, 6.07) is 5.92. The maximum Gasteiger partial charge on any atom is 0.419 e. The van der Waals surface area contributed by atoms with Gasteiger partial charge >= 0.3 is 12.1 Å². The lowest BCUT2D eigenvalue weighted by atomic mass is 9.87. The van der Waals surface area contributed by atoms with Crippen molar-refractivity contribution in [3.8, 4) is 0 Å². The highest BCUT2D eigenvalue weighted by molar-refractivity contribution is 5.91. The van der Waals surface area contributed by atoms with E-state index < -0.39 is 29.5 Å². The summed E-state index contributed by atoms with van der Waals surface area (Å²) in [4.78, 5) is 31.0. The summed E-state index contributed by atoms with van der Waals surface area (Å²) < 4.78 is 46.8. The number of allylic oxidation sites excluding steroid dienone is 4. The zero-order chi connectivity index (χ0) is 25.2. The molecule has 1 amide bonds. The van der Waals surface area contributed by atoms with Crippen molar-refractivity contribution >= 4 is 29.3 Å². The Balaban J connectivity index is 1.47. The first-order chi connectivity index (χ1) is 16.6. The molecule has 3 heterocycles. The Morgan fingerprint density at radius 1 is 1.20 bits per heavy atom. The summed E-state index contributed by atoms with van der Waals surface area (Å²) in [7, 11) is 0. The normalized spacial score (nSPS) is 17.5. The second kappa shape index (κ2) is 9.45. The molecule has 0 fully saturated rings. The quantitative estimate of drug-likeness (QED) is 0.533. The van der Waals surface area contributed by atoms with E-state index in [4.69, 9.17) is 15.6 Å². The van der Waals surface area contributed by atoms with E-state index in [-0.39, 0.29) is 35.7 Å². The van der Waals surface area contributed by atoms with Crippen molar-refractivity contribution in [1.29, 1.82) is 0 Å². The zero-order valence-corrected chi connectivity index (χ0v) is 18.0. The number of aromatic carboxylic acids is 1. The number of amides is 1. The molecule has 0 saturated heterocycles. The minimum atomic E-state index is -4.68. The number of carbonyl (C=O) groups excluding carboxylic acids is 1. The Hall–Kier alpha value is -4.41. The maximum absolute atomic E-state index is 13.8. The van der Waals surface area contributed by atoms with Crippen LogP contribution in [0.5, 0.6) is 0 Å². The highest BCUT2D eigenvalue weighted by Gasteiger charge is 2.43. The van der Waals surface area contributed by atoms with Crippen molar-refractivity contribution in [1.82, 2.24) is 15.3 Å². The lowest BCUT2D eigenvalue weighted by Crippen LogP contribution is -2.23. The van der Waals surface area contributed by atoms with E-state index in [1.807, 2.05) is 0 Å². The molecule has 1 atom stereocenters. The van der Waals surface area contributed by atoms with Crippen LogP contribution in [0.15, 0.2) is 72.0 Å². The van der Waals surface area contributed by atoms with E-state index >= 15 is 0 Å². The van der Waals surface area contributed by atoms with Crippen LogP contribution in [0.2, 0.25) is 0 Å². The number of nitrogens with zero attached hydrogens (tertiary/aromatic N) is 2. The van der Waals surface area contributed by atoms with E-state index in [0.29, 0.717) is 17.0 Å². The molecule has 180 valence electrons. The first-order valence-corrected chi connectivity index (χ1v) is 10.4. The van der Waals surface area contributed by atoms with Crippen molar-refractivity contribution in [3.63, 3.8) is 0 Å². The van der Waals surface area contributed by atoms with Gasteiger partial charge in [-0.05, 0) is 60.1 Å². The number of alkyl halides is 3. The molecule has 0 aromatic carbocycles. The van der Waals surface area contributed by atoms with E-state index in [2.05, 4.69) is 15.3 Å². The number of carboxylic acid groups (broad SMARTS) is 1. The molecule has 8 nitrogen and oxygen atoms in total. The highest BCUT2D eigenvalue weighted by atomic mass is 19.4. The van der Waals surface area contributed by atoms with Gasteiger partial charge in [0, 0.05) is 24.4 Å². The summed E-state index contributed by atoms with van der Waals surface area (Å²) in [5.74, 6) is -2.05. The van der Waals surface area contributed by atoms with Gasteiger partial charge in [-0.25, -0.2) is 9.78 Å². The van der Waals surface area contributed by atoms with E-state index in [9.17, 15) is 22.8 Å². The monoisotopic (exact) mass is 484 g/mol. The van der Waals surface area contributed by atoms with Gasteiger partial charge < -0.3 is 20.9 Å². The molecular weight excluding hydrogens is 465 g/mol. The Labute approximate surface area is 197 Å². The largest absolute Gasteiger partial charge is 0.478 e. The van der Waals surface area contributed by atoms with Gasteiger partial charge in [0.1, 0.15) is 17.3 Å². The Kier molecular flexibility index (Phi) is 6.41. The number of carbonyl (C=O) groups is 2. The van der Waals surface area contributed by atoms with Gasteiger partial charge in [0.25, 0.3) is 0 Å². The van der Waals surface area contributed by atoms with E-state index in [1.54, 1.807) is 12.1 Å². The number of ether oxygens (including phenoxy) is 1. The molecular formula is C24H19F3N4O4. The number of hydrogen-bond donors (Lipinski definition) is 3. The maximum atomic E-state index is 13.8. The molecule has 0 spiro atoms. The number of carboxylic acids is 1. The molecule has 2 aromatic heterocycles. The number of fused-ring (bicyclic) bond motifs is 1. The molecule has 4 rings (SSSR count). The number of anilines is 1. The van der Waals surface area contributed by atoms with Gasteiger partial charge in [0.2, 0.25) is 5.91 Å². The van der Waals surface area contributed by atoms with Gasteiger partial charge in [0.05, 0.1) is 23.4 Å². The fourth-order valence-corrected chi connectivity index (χ4v) is 3.62. The van der Waals surface area contributed by atoms with Gasteiger partial charge in [-0.2, -0.15) is 13.2 Å². The van der Waals surface area contributed by atoms with Crippen LogP contribution in [0.3, 0.4) is 0 Å². The number of nitrogens with two attached hydrogens (primary N) is 1. The molecule has 11 heteroatoms. The first kappa shape index (κ1) is 23.7. The predicted octanol–water partition coefficient (Wildman–Crippen LogP) is 3.72. The fraction of sp³-hybridized carbons (Fsp3) is 0.167. The van der Waals surface area contributed by atoms with Crippen molar-refractivity contribution in [3.05, 3.63) is 88.8 Å². The van der Waals surface area contributed by atoms with Gasteiger partial charge in [0.15, 0.2) is 0 Å². The van der Waals surface area contributed by atoms with Crippen LogP contribution in [0.25, 0.3) is 11.6 Å². The molecule has 0 radical (unpaired) electrons. The summed E-state index contributed by atoms with van der Waals surface area (Å²) in [6.07, 6.45) is 3.38. The first-order valence-electron chi connectivity index (χ1n) is 10.4. The van der Waals surface area contributed by atoms with Crippen LogP contribution in [0, 0.1) is 5.92 Å². The van der Waals surface area contributed by atoms with Crippen LogP contribution in [0.4, 0.5) is 19.0 Å². The van der Waals surface area contributed by atoms with E-state index in [1.165, 1.54) is 36.6 Å². The number of aromatic nitrogens is 2. The number of halogens is 3. The van der Waals surface area contributed by atoms with Gasteiger partial charge in [-0.1, -0.05) is 0 Å². The average Bonchev–Trinajstić information content (AvgIpc) is 3.24. The molecule has 2 aromatic rings. The lowest BCUT2D eigenvalue weighted by Gasteiger charge is -2.23. The third-order valence-corrected chi connectivity index (χ3v) is 5.31. The second-order valence-electron chi connectivity index (χ2n) is 7.80. The zero-order valence-electron chi connectivity index (χ0n) is 18.0. The lowest BCUT2D eigenvalue weighted by molar-refractivity contribution is -0.116. The van der Waals surface area contributed by atoms with Crippen LogP contribution in [-0.2, 0) is 9.53 Å². The Morgan fingerprint density at radius 2 is 2.00 bits per heavy atom. The predicted molar refractivity (Wildman–Crippen MR) is 120 cm³/mol. The molecule has 35 heavy (non-hydrogen) atoms. The van der Waals surface area contributed by atoms with Crippen LogP contribution < -0.4 is 11.1 Å². The van der Waals surface area contributed by atoms with Gasteiger partial charge in [-0.3, -0.25) is 9.78 Å². The summed E-state index contributed by atoms with van der Waals surface area (Å²) in [6.45, 7) is -0.102. The second-order valence-corrected chi connectivity index (χ2v) is 7.80. The molecule has 1 aliphatic heterocycles. The third kappa shape index (κ3) is 5.57. The summed E-state index contributed by atoms with van der Waals surface area (Å²) in [5, 5.41) is 11.6. The SMILES string of the molecule is Nc1ccc(/C=C/C(=O)NCC2=CC3CC(c4ccc(C(=O)O)cn4)=CC(C(F)(F)F)=C3O2)cn1. The molecule has 1 aliphatic carbocycles. The highest BCUT2D eigenvalue weighted by Crippen LogP contribution is 2.45. The number of rotatable bonds is 6. The Morgan fingerprint density at radius 3 is 2.63 bits per heavy atom. The van der Waals surface area contributed by atoms with Gasteiger partial charge in [-0.15, -0.1) is 0 Å². The summed E-state index contributed by atoms with van der Waals surface area (Å²) >= 11 is 0. The van der Waals surface area contributed by atoms with Crippen molar-refractivity contribution in [2.24, 2.45) is 5.92 Å². The van der Waals surface area contributed by atoms with Crippen molar-refractivity contribution in [2.45, 2.75) is 12.6 Å². The average molecular weight is 484 g/mol. The minimum absolute atomic E-state index is 0.0683. The minimum Gasteiger partial charge on any atom is -0.478 e. The van der Waals surface area contributed by atoms with Crippen molar-refractivity contribution in [2.75, 3.05) is 12.3 Å². The topological polar surface area (TPSA) is 127 Å². The smallest absolute Gasteiger partial charge is 0.419 e. The number of pyridine rings is 2. The third-order valence-electron chi connectivity index (χ3n) is 5.31.